The van der Waals surface area contributed by atoms with E-state index in [-0.39, 0.29) is 0 Å². The number of aryl methyl sites for hydroxylation is 1. The fourth-order valence-electron chi connectivity index (χ4n) is 1.79. The van der Waals surface area contributed by atoms with Gasteiger partial charge in [-0.15, -0.1) is 11.3 Å². The lowest BCUT2D eigenvalue weighted by Crippen LogP contribution is -2.29. The Kier molecular flexibility index (Phi) is 4.45. The SMILES string of the molecule is CCCNc1nc(NCC(C)(C)O)c2cc(C)sc2n1. The van der Waals surface area contributed by atoms with Gasteiger partial charge in [-0.05, 0) is 33.3 Å². The minimum absolute atomic E-state index is 0.446. The molecule has 20 heavy (non-hydrogen) atoms. The molecule has 0 aliphatic carbocycles. The lowest BCUT2D eigenvalue weighted by molar-refractivity contribution is 0.0944. The second kappa shape index (κ2) is 5.93. The molecule has 0 saturated carbocycles. The van der Waals surface area contributed by atoms with E-state index in [0.29, 0.717) is 12.5 Å². The summed E-state index contributed by atoms with van der Waals surface area (Å²) in [6, 6.07) is 2.08. The average Bonchev–Trinajstić information content (AvgIpc) is 2.72. The molecule has 2 heterocycles. The Hall–Kier alpha value is -1.40. The van der Waals surface area contributed by atoms with Gasteiger partial charge in [-0.3, -0.25) is 0 Å². The van der Waals surface area contributed by atoms with E-state index in [1.54, 1.807) is 25.2 Å². The van der Waals surface area contributed by atoms with Crippen LogP contribution in [0, 0.1) is 6.92 Å². The van der Waals surface area contributed by atoms with Crippen LogP contribution in [0.5, 0.6) is 0 Å². The standard InChI is InChI=1S/C14H22N4OS/c1-5-6-15-13-17-11(16-8-14(3,4)19)10-7-9(2)20-12(10)18-13/h7,19H,5-6,8H2,1-4H3,(H2,15,16,17,18). The van der Waals surface area contributed by atoms with Gasteiger partial charge in [0.2, 0.25) is 5.95 Å². The summed E-state index contributed by atoms with van der Waals surface area (Å²) >= 11 is 1.65. The third-order valence-electron chi connectivity index (χ3n) is 2.74. The Balaban J connectivity index is 2.33. The molecule has 0 aromatic carbocycles. The molecule has 0 atom stereocenters. The Morgan fingerprint density at radius 3 is 2.70 bits per heavy atom. The van der Waals surface area contributed by atoms with Crippen molar-refractivity contribution in [3.05, 3.63) is 10.9 Å². The summed E-state index contributed by atoms with van der Waals surface area (Å²) in [6.07, 6.45) is 1.03. The predicted octanol–water partition coefficient (Wildman–Crippen LogP) is 3.00. The molecule has 0 radical (unpaired) electrons. The number of nitrogens with zero attached hydrogens (tertiary/aromatic N) is 2. The number of aliphatic hydroxyl groups is 1. The monoisotopic (exact) mass is 294 g/mol. The van der Waals surface area contributed by atoms with E-state index in [0.717, 1.165) is 29.0 Å². The van der Waals surface area contributed by atoms with Gasteiger partial charge in [-0.2, -0.15) is 4.98 Å². The number of nitrogens with one attached hydrogen (secondary N) is 2. The number of thiophene rings is 1. The summed E-state index contributed by atoms with van der Waals surface area (Å²) in [5.74, 6) is 1.42. The topological polar surface area (TPSA) is 70.1 Å². The van der Waals surface area contributed by atoms with Gasteiger partial charge in [0.1, 0.15) is 10.6 Å². The molecule has 6 heteroatoms. The molecule has 0 bridgehead atoms. The number of fused-ring (bicyclic) bond motifs is 1. The number of hydrogen-bond donors (Lipinski definition) is 3. The van der Waals surface area contributed by atoms with Crippen LogP contribution < -0.4 is 10.6 Å². The van der Waals surface area contributed by atoms with Crippen molar-refractivity contribution in [3.8, 4) is 0 Å². The summed E-state index contributed by atoms with van der Waals surface area (Å²) in [4.78, 5) is 11.2. The van der Waals surface area contributed by atoms with Crippen LogP contribution in [0.15, 0.2) is 6.07 Å². The van der Waals surface area contributed by atoms with Gasteiger partial charge >= 0.3 is 0 Å². The number of rotatable bonds is 6. The summed E-state index contributed by atoms with van der Waals surface area (Å²) in [6.45, 7) is 9.00. The van der Waals surface area contributed by atoms with Crippen LogP contribution in [0.1, 0.15) is 32.1 Å². The van der Waals surface area contributed by atoms with Crippen LogP contribution in [0.4, 0.5) is 11.8 Å². The van der Waals surface area contributed by atoms with Crippen LogP contribution in [0.25, 0.3) is 10.2 Å². The zero-order valence-corrected chi connectivity index (χ0v) is 13.3. The quantitative estimate of drug-likeness (QED) is 0.764. The van der Waals surface area contributed by atoms with E-state index in [1.165, 1.54) is 4.88 Å². The molecule has 0 saturated heterocycles. The van der Waals surface area contributed by atoms with Gasteiger partial charge < -0.3 is 15.7 Å². The Bertz CT molecular complexity index is 589. The van der Waals surface area contributed by atoms with Crippen LogP contribution in [-0.2, 0) is 0 Å². The van der Waals surface area contributed by atoms with Crippen molar-refractivity contribution < 1.29 is 5.11 Å². The fraction of sp³-hybridized carbons (Fsp3) is 0.571. The molecule has 2 rings (SSSR count). The maximum Gasteiger partial charge on any atom is 0.226 e. The van der Waals surface area contributed by atoms with Gasteiger partial charge in [-0.25, -0.2) is 4.98 Å². The van der Waals surface area contributed by atoms with E-state index in [4.69, 9.17) is 0 Å². The minimum Gasteiger partial charge on any atom is -0.389 e. The molecule has 3 N–H and O–H groups in total. The highest BCUT2D eigenvalue weighted by atomic mass is 32.1. The van der Waals surface area contributed by atoms with Crippen molar-refractivity contribution in [2.24, 2.45) is 0 Å². The summed E-state index contributed by atoms with van der Waals surface area (Å²) in [5, 5.41) is 17.3. The third kappa shape index (κ3) is 3.80. The van der Waals surface area contributed by atoms with Crippen LogP contribution in [0.2, 0.25) is 0 Å². The summed E-state index contributed by atoms with van der Waals surface area (Å²) in [5.41, 5.74) is -0.778. The summed E-state index contributed by atoms with van der Waals surface area (Å²) < 4.78 is 0. The first-order chi connectivity index (χ1) is 9.39. The van der Waals surface area contributed by atoms with Gasteiger partial charge in [0.05, 0.1) is 11.0 Å². The number of aromatic nitrogens is 2. The third-order valence-corrected chi connectivity index (χ3v) is 3.68. The zero-order chi connectivity index (χ0) is 14.8. The van der Waals surface area contributed by atoms with Crippen molar-refractivity contribution in [1.29, 1.82) is 0 Å². The second-order valence-electron chi connectivity index (χ2n) is 5.56. The zero-order valence-electron chi connectivity index (χ0n) is 12.4. The number of hydrogen-bond acceptors (Lipinski definition) is 6. The average molecular weight is 294 g/mol. The molecular formula is C14H22N4OS. The van der Waals surface area contributed by atoms with E-state index < -0.39 is 5.60 Å². The molecule has 0 amide bonds. The predicted molar refractivity (Wildman–Crippen MR) is 85.7 cm³/mol. The Morgan fingerprint density at radius 1 is 1.30 bits per heavy atom. The first kappa shape index (κ1) is 15.0. The number of anilines is 2. The van der Waals surface area contributed by atoms with Crippen LogP contribution in [0.3, 0.4) is 0 Å². The van der Waals surface area contributed by atoms with Gasteiger partial charge in [0, 0.05) is 18.0 Å². The molecule has 0 aliphatic heterocycles. The van der Waals surface area contributed by atoms with Crippen molar-refractivity contribution in [2.45, 2.75) is 39.7 Å². The van der Waals surface area contributed by atoms with Crippen LogP contribution in [-0.4, -0.2) is 33.8 Å². The van der Waals surface area contributed by atoms with Gasteiger partial charge in [-0.1, -0.05) is 6.92 Å². The van der Waals surface area contributed by atoms with Gasteiger partial charge in [0.15, 0.2) is 0 Å². The molecule has 2 aromatic rings. The first-order valence-corrected chi connectivity index (χ1v) is 7.69. The summed E-state index contributed by atoms with van der Waals surface area (Å²) in [7, 11) is 0. The van der Waals surface area contributed by atoms with E-state index in [1.807, 2.05) is 0 Å². The lowest BCUT2D eigenvalue weighted by Gasteiger charge is -2.18. The van der Waals surface area contributed by atoms with E-state index in [2.05, 4.69) is 40.5 Å². The van der Waals surface area contributed by atoms with Gasteiger partial charge in [0.25, 0.3) is 0 Å². The van der Waals surface area contributed by atoms with Crippen molar-refractivity contribution >= 4 is 33.3 Å². The molecule has 0 aliphatic rings. The molecule has 0 spiro atoms. The molecule has 2 aromatic heterocycles. The maximum absolute atomic E-state index is 9.85. The van der Waals surface area contributed by atoms with E-state index >= 15 is 0 Å². The maximum atomic E-state index is 9.85. The second-order valence-corrected chi connectivity index (χ2v) is 6.80. The molecule has 0 fully saturated rings. The van der Waals surface area contributed by atoms with Crippen molar-refractivity contribution in [1.82, 2.24) is 9.97 Å². The minimum atomic E-state index is -0.778. The molecule has 5 nitrogen and oxygen atoms in total. The van der Waals surface area contributed by atoms with Crippen molar-refractivity contribution in [2.75, 3.05) is 23.7 Å². The normalized spacial score (nSPS) is 11.8. The molecular weight excluding hydrogens is 272 g/mol. The Labute approximate surface area is 123 Å². The fourth-order valence-corrected chi connectivity index (χ4v) is 2.67. The van der Waals surface area contributed by atoms with Crippen LogP contribution >= 0.6 is 11.3 Å². The smallest absolute Gasteiger partial charge is 0.226 e. The lowest BCUT2D eigenvalue weighted by atomic mass is 10.1. The first-order valence-electron chi connectivity index (χ1n) is 6.87. The molecule has 0 unspecified atom stereocenters. The highest BCUT2D eigenvalue weighted by molar-refractivity contribution is 7.18. The Morgan fingerprint density at radius 2 is 2.05 bits per heavy atom. The highest BCUT2D eigenvalue weighted by Crippen LogP contribution is 2.29. The van der Waals surface area contributed by atoms with Crippen molar-refractivity contribution in [3.63, 3.8) is 0 Å². The van der Waals surface area contributed by atoms with E-state index in [9.17, 15) is 5.11 Å². The largest absolute Gasteiger partial charge is 0.389 e. The molecule has 110 valence electrons. The highest BCUT2D eigenvalue weighted by Gasteiger charge is 2.15.